The third-order valence-electron chi connectivity index (χ3n) is 3.23. The van der Waals surface area contributed by atoms with Gasteiger partial charge in [0.05, 0.1) is 17.8 Å². The highest BCUT2D eigenvalue weighted by Crippen LogP contribution is 2.39. The molecule has 0 saturated carbocycles. The number of rotatable bonds is 4. The van der Waals surface area contributed by atoms with E-state index in [9.17, 15) is 5.11 Å². The van der Waals surface area contributed by atoms with Crippen LogP contribution < -0.4 is 19.5 Å². The number of hydrogen-bond acceptors (Lipinski definition) is 5. The average Bonchev–Trinajstić information content (AvgIpc) is 2.93. The third kappa shape index (κ3) is 2.64. The number of aromatic hydroxyl groups is 1. The van der Waals surface area contributed by atoms with Gasteiger partial charge < -0.3 is 24.6 Å². The Hall–Kier alpha value is -2.27. The molecule has 6 heteroatoms. The van der Waals surface area contributed by atoms with Crippen LogP contribution in [0.1, 0.15) is 5.56 Å². The van der Waals surface area contributed by atoms with Crippen molar-refractivity contribution in [2.24, 2.45) is 0 Å². The largest absolute Gasteiger partial charge is 0.504 e. The Morgan fingerprint density at radius 3 is 2.81 bits per heavy atom. The van der Waals surface area contributed by atoms with Gasteiger partial charge in [-0.05, 0) is 6.07 Å². The summed E-state index contributed by atoms with van der Waals surface area (Å²) in [5.41, 5.74) is 1.42. The quantitative estimate of drug-likeness (QED) is 0.906. The molecule has 3 rings (SSSR count). The van der Waals surface area contributed by atoms with Crippen molar-refractivity contribution >= 4 is 17.3 Å². The van der Waals surface area contributed by atoms with Crippen molar-refractivity contribution in [2.45, 2.75) is 6.54 Å². The van der Waals surface area contributed by atoms with Gasteiger partial charge in [-0.25, -0.2) is 0 Å². The van der Waals surface area contributed by atoms with E-state index < -0.39 is 0 Å². The van der Waals surface area contributed by atoms with Crippen LogP contribution in [0.4, 0.5) is 5.69 Å². The van der Waals surface area contributed by atoms with Crippen molar-refractivity contribution in [3.8, 4) is 23.0 Å². The number of benzene rings is 2. The molecule has 0 spiro atoms. The van der Waals surface area contributed by atoms with E-state index in [0.29, 0.717) is 40.1 Å². The van der Waals surface area contributed by atoms with Crippen LogP contribution in [0.25, 0.3) is 0 Å². The van der Waals surface area contributed by atoms with Gasteiger partial charge in [-0.3, -0.25) is 0 Å². The highest BCUT2D eigenvalue weighted by atomic mass is 35.5. The molecule has 0 aliphatic carbocycles. The predicted molar refractivity (Wildman–Crippen MR) is 79.6 cm³/mol. The number of hydrogen-bond donors (Lipinski definition) is 2. The summed E-state index contributed by atoms with van der Waals surface area (Å²) in [4.78, 5) is 0. The topological polar surface area (TPSA) is 60.0 Å². The van der Waals surface area contributed by atoms with Gasteiger partial charge >= 0.3 is 0 Å². The van der Waals surface area contributed by atoms with Gasteiger partial charge in [0, 0.05) is 24.2 Å². The van der Waals surface area contributed by atoms with Gasteiger partial charge in [0.25, 0.3) is 0 Å². The van der Waals surface area contributed by atoms with Crippen LogP contribution in [-0.4, -0.2) is 19.0 Å². The van der Waals surface area contributed by atoms with E-state index in [1.54, 1.807) is 18.2 Å². The fraction of sp³-hybridized carbons (Fsp3) is 0.200. The van der Waals surface area contributed by atoms with Crippen LogP contribution in [0.3, 0.4) is 0 Å². The Balaban J connectivity index is 1.79. The standard InChI is InChI=1S/C15H14ClNO4/c1-19-12-4-2-3-9(15(12)18)7-17-11-6-14-13(5-10(11)16)20-8-21-14/h2-6,17-18H,7-8H2,1H3. The van der Waals surface area contributed by atoms with Crippen molar-refractivity contribution in [2.75, 3.05) is 19.2 Å². The first kappa shape index (κ1) is 13.7. The average molecular weight is 308 g/mol. The van der Waals surface area contributed by atoms with Crippen LogP contribution in [0.5, 0.6) is 23.0 Å². The first-order valence-corrected chi connectivity index (χ1v) is 6.74. The van der Waals surface area contributed by atoms with E-state index in [-0.39, 0.29) is 12.5 Å². The Kier molecular flexibility index (Phi) is 3.66. The zero-order valence-electron chi connectivity index (χ0n) is 11.4. The number of methoxy groups -OCH3 is 1. The molecule has 2 aromatic rings. The molecular formula is C15H14ClNO4. The molecule has 0 atom stereocenters. The molecular weight excluding hydrogens is 294 g/mol. The van der Waals surface area contributed by atoms with Crippen LogP contribution in [0, 0.1) is 0 Å². The van der Waals surface area contributed by atoms with E-state index in [4.69, 9.17) is 25.8 Å². The summed E-state index contributed by atoms with van der Waals surface area (Å²) < 4.78 is 15.7. The number of para-hydroxylation sites is 1. The van der Waals surface area contributed by atoms with Gasteiger partial charge in [-0.1, -0.05) is 23.7 Å². The summed E-state index contributed by atoms with van der Waals surface area (Å²) in [6.07, 6.45) is 0. The lowest BCUT2D eigenvalue weighted by Crippen LogP contribution is -2.01. The lowest BCUT2D eigenvalue weighted by molar-refractivity contribution is 0.174. The van der Waals surface area contributed by atoms with Crippen molar-refractivity contribution in [3.05, 3.63) is 40.9 Å². The van der Waals surface area contributed by atoms with Crippen molar-refractivity contribution in [3.63, 3.8) is 0 Å². The molecule has 110 valence electrons. The van der Waals surface area contributed by atoms with Gasteiger partial charge in [-0.2, -0.15) is 0 Å². The van der Waals surface area contributed by atoms with Crippen LogP contribution in [0.15, 0.2) is 30.3 Å². The summed E-state index contributed by atoms with van der Waals surface area (Å²) in [7, 11) is 1.51. The zero-order chi connectivity index (χ0) is 14.8. The molecule has 1 aliphatic heterocycles. The number of phenolic OH excluding ortho intramolecular Hbond substituents is 1. The molecule has 0 bridgehead atoms. The maximum Gasteiger partial charge on any atom is 0.231 e. The molecule has 0 saturated heterocycles. The molecule has 2 N–H and O–H groups in total. The van der Waals surface area contributed by atoms with E-state index in [2.05, 4.69) is 5.32 Å². The van der Waals surface area contributed by atoms with Crippen molar-refractivity contribution in [1.29, 1.82) is 0 Å². The third-order valence-corrected chi connectivity index (χ3v) is 3.55. The van der Waals surface area contributed by atoms with Crippen LogP contribution >= 0.6 is 11.6 Å². The van der Waals surface area contributed by atoms with Gasteiger partial charge in [0.1, 0.15) is 0 Å². The van der Waals surface area contributed by atoms with Gasteiger partial charge in [0.15, 0.2) is 23.0 Å². The monoisotopic (exact) mass is 307 g/mol. The number of phenols is 1. The minimum atomic E-state index is 0.115. The molecule has 5 nitrogen and oxygen atoms in total. The Morgan fingerprint density at radius 2 is 2.05 bits per heavy atom. The second-order valence-corrected chi connectivity index (χ2v) is 4.91. The second-order valence-electron chi connectivity index (χ2n) is 4.51. The zero-order valence-corrected chi connectivity index (χ0v) is 12.1. The fourth-order valence-corrected chi connectivity index (χ4v) is 2.34. The lowest BCUT2D eigenvalue weighted by atomic mass is 10.1. The summed E-state index contributed by atoms with van der Waals surface area (Å²) in [6.45, 7) is 0.605. The first-order chi connectivity index (χ1) is 10.2. The minimum Gasteiger partial charge on any atom is -0.504 e. The summed E-state index contributed by atoms with van der Waals surface area (Å²) in [6, 6.07) is 8.81. The predicted octanol–water partition coefficient (Wildman–Crippen LogP) is 3.40. The highest BCUT2D eigenvalue weighted by Gasteiger charge is 2.16. The highest BCUT2D eigenvalue weighted by molar-refractivity contribution is 6.33. The summed E-state index contributed by atoms with van der Waals surface area (Å²) in [5, 5.41) is 13.7. The number of anilines is 1. The maximum absolute atomic E-state index is 10.0. The normalized spacial score (nSPS) is 12.3. The molecule has 21 heavy (non-hydrogen) atoms. The maximum atomic E-state index is 10.0. The number of ether oxygens (including phenoxy) is 3. The second kappa shape index (κ2) is 5.61. The summed E-state index contributed by atoms with van der Waals surface area (Å²) >= 11 is 6.19. The Bertz CT molecular complexity index is 675. The molecule has 1 aliphatic rings. The van der Waals surface area contributed by atoms with E-state index >= 15 is 0 Å². The molecule has 0 amide bonds. The Morgan fingerprint density at radius 1 is 1.29 bits per heavy atom. The minimum absolute atomic E-state index is 0.115. The lowest BCUT2D eigenvalue weighted by Gasteiger charge is -2.12. The molecule has 0 radical (unpaired) electrons. The first-order valence-electron chi connectivity index (χ1n) is 6.37. The molecule has 0 fully saturated rings. The molecule has 2 aromatic carbocycles. The van der Waals surface area contributed by atoms with Crippen LogP contribution in [-0.2, 0) is 6.54 Å². The number of fused-ring (bicyclic) bond motifs is 1. The Labute approximate surface area is 127 Å². The van der Waals surface area contributed by atoms with E-state index in [1.165, 1.54) is 7.11 Å². The number of nitrogens with one attached hydrogen (secondary N) is 1. The van der Waals surface area contributed by atoms with E-state index in [1.807, 2.05) is 12.1 Å². The number of halogens is 1. The fourth-order valence-electron chi connectivity index (χ4n) is 2.12. The van der Waals surface area contributed by atoms with Crippen LogP contribution in [0.2, 0.25) is 5.02 Å². The van der Waals surface area contributed by atoms with Gasteiger partial charge in [0.2, 0.25) is 6.79 Å². The molecule has 0 unspecified atom stereocenters. The SMILES string of the molecule is COc1cccc(CNc2cc3c(cc2Cl)OCO3)c1O. The smallest absolute Gasteiger partial charge is 0.231 e. The molecule has 0 aromatic heterocycles. The molecule has 1 heterocycles. The van der Waals surface area contributed by atoms with Crippen molar-refractivity contribution < 1.29 is 19.3 Å². The van der Waals surface area contributed by atoms with E-state index in [0.717, 1.165) is 0 Å². The summed E-state index contributed by atoms with van der Waals surface area (Å²) in [5.74, 6) is 1.84. The van der Waals surface area contributed by atoms with Crippen molar-refractivity contribution in [1.82, 2.24) is 0 Å². The van der Waals surface area contributed by atoms with Gasteiger partial charge in [-0.15, -0.1) is 0 Å².